The molecule has 7 heteroatoms. The van der Waals surface area contributed by atoms with E-state index in [1.165, 1.54) is 12.8 Å². The van der Waals surface area contributed by atoms with Crippen LogP contribution in [0.5, 0.6) is 5.88 Å². The molecule has 0 saturated heterocycles. The zero-order valence-corrected chi connectivity index (χ0v) is 17.4. The van der Waals surface area contributed by atoms with Crippen LogP contribution in [0.3, 0.4) is 0 Å². The molecule has 2 heterocycles. The summed E-state index contributed by atoms with van der Waals surface area (Å²) in [6.07, 6.45) is 3.54. The van der Waals surface area contributed by atoms with Crippen LogP contribution in [0, 0.1) is 5.92 Å². The van der Waals surface area contributed by atoms with Gasteiger partial charge in [-0.1, -0.05) is 24.3 Å². The third-order valence-electron chi connectivity index (χ3n) is 5.80. The minimum Gasteiger partial charge on any atom is -0.477 e. The Kier molecular flexibility index (Phi) is 5.02. The van der Waals surface area contributed by atoms with Crippen molar-refractivity contribution < 1.29 is 14.3 Å². The van der Waals surface area contributed by atoms with E-state index in [4.69, 9.17) is 4.74 Å². The molecule has 0 radical (unpaired) electrons. The number of hydrogen-bond donors (Lipinski definition) is 2. The smallest absolute Gasteiger partial charge is 0.289 e. The van der Waals surface area contributed by atoms with E-state index in [-0.39, 0.29) is 23.7 Å². The lowest BCUT2D eigenvalue weighted by Gasteiger charge is -2.20. The van der Waals surface area contributed by atoms with Gasteiger partial charge in [0.25, 0.3) is 5.91 Å². The number of aryl methyl sites for hydroxylation is 1. The number of rotatable bonds is 6. The van der Waals surface area contributed by atoms with Crippen molar-refractivity contribution in [1.82, 2.24) is 15.3 Å². The molecule has 1 aromatic heterocycles. The second-order valence-corrected chi connectivity index (χ2v) is 8.28. The van der Waals surface area contributed by atoms with Gasteiger partial charge in [-0.25, -0.2) is 4.98 Å². The van der Waals surface area contributed by atoms with E-state index in [2.05, 4.69) is 20.6 Å². The molecule has 1 aliphatic carbocycles. The van der Waals surface area contributed by atoms with E-state index in [1.54, 1.807) is 0 Å². The summed E-state index contributed by atoms with van der Waals surface area (Å²) in [7, 11) is 0. The van der Waals surface area contributed by atoms with E-state index in [9.17, 15) is 9.59 Å². The fourth-order valence-corrected chi connectivity index (χ4v) is 3.76. The van der Waals surface area contributed by atoms with Gasteiger partial charge in [-0.2, -0.15) is 4.98 Å². The molecule has 2 aliphatic rings. The molecule has 1 saturated carbocycles. The quantitative estimate of drug-likeness (QED) is 0.638. The largest absolute Gasteiger partial charge is 0.477 e. The fraction of sp³-hybridized carbons (Fsp3) is 0.333. The molecule has 1 atom stereocenters. The third kappa shape index (κ3) is 4.21. The van der Waals surface area contributed by atoms with Crippen LogP contribution in [-0.2, 0) is 11.2 Å². The molecule has 31 heavy (non-hydrogen) atoms. The van der Waals surface area contributed by atoms with Crippen LogP contribution in [0.4, 0.5) is 5.69 Å². The summed E-state index contributed by atoms with van der Waals surface area (Å²) < 4.78 is 5.93. The molecule has 2 aromatic carbocycles. The number of amides is 2. The van der Waals surface area contributed by atoms with Crippen molar-refractivity contribution in [2.45, 2.75) is 38.6 Å². The van der Waals surface area contributed by atoms with Gasteiger partial charge >= 0.3 is 0 Å². The number of para-hydroxylation sites is 1. The first-order valence-corrected chi connectivity index (χ1v) is 10.7. The van der Waals surface area contributed by atoms with Gasteiger partial charge in [-0.3, -0.25) is 9.59 Å². The average Bonchev–Trinajstić information content (AvgIpc) is 3.61. The average molecular weight is 416 g/mol. The highest BCUT2D eigenvalue weighted by Gasteiger charge is 2.24. The Balaban J connectivity index is 1.36. The highest BCUT2D eigenvalue weighted by atomic mass is 16.5. The molecule has 158 valence electrons. The van der Waals surface area contributed by atoms with E-state index in [0.29, 0.717) is 36.8 Å². The first-order valence-electron chi connectivity index (χ1n) is 10.7. The van der Waals surface area contributed by atoms with Gasteiger partial charge in [0, 0.05) is 12.1 Å². The summed E-state index contributed by atoms with van der Waals surface area (Å²) in [5.74, 6) is 0.830. The lowest BCUT2D eigenvalue weighted by molar-refractivity contribution is -0.116. The SMILES string of the molecule is C[C@H](NC(=O)c1nc(OCC2CC2)c2ccccc2n1)c1ccc2c(c1)CCC(=O)N2. The Morgan fingerprint density at radius 1 is 1.19 bits per heavy atom. The van der Waals surface area contributed by atoms with Crippen molar-refractivity contribution in [3.63, 3.8) is 0 Å². The third-order valence-corrected chi connectivity index (χ3v) is 5.80. The Morgan fingerprint density at radius 2 is 2.03 bits per heavy atom. The van der Waals surface area contributed by atoms with Gasteiger partial charge in [0.05, 0.1) is 23.6 Å². The topological polar surface area (TPSA) is 93.2 Å². The molecule has 1 aliphatic heterocycles. The number of carbonyl (C=O) groups is 2. The lowest BCUT2D eigenvalue weighted by atomic mass is 9.98. The molecular formula is C24H24N4O3. The Labute approximate surface area is 180 Å². The van der Waals surface area contributed by atoms with Crippen molar-refractivity contribution >= 4 is 28.4 Å². The fourth-order valence-electron chi connectivity index (χ4n) is 3.76. The van der Waals surface area contributed by atoms with Gasteiger partial charge in [0.2, 0.25) is 17.6 Å². The van der Waals surface area contributed by atoms with Gasteiger partial charge in [-0.15, -0.1) is 0 Å². The van der Waals surface area contributed by atoms with E-state index in [0.717, 1.165) is 22.2 Å². The van der Waals surface area contributed by atoms with Crippen LogP contribution < -0.4 is 15.4 Å². The molecule has 0 bridgehead atoms. The van der Waals surface area contributed by atoms with Crippen molar-refractivity contribution in [3.05, 3.63) is 59.4 Å². The van der Waals surface area contributed by atoms with Crippen molar-refractivity contribution in [3.8, 4) is 5.88 Å². The Morgan fingerprint density at radius 3 is 2.87 bits per heavy atom. The van der Waals surface area contributed by atoms with Gasteiger partial charge in [0.1, 0.15) is 0 Å². The van der Waals surface area contributed by atoms with Crippen LogP contribution >= 0.6 is 0 Å². The minimum atomic E-state index is -0.347. The van der Waals surface area contributed by atoms with Crippen LogP contribution in [0.25, 0.3) is 10.9 Å². The first-order chi connectivity index (χ1) is 15.1. The summed E-state index contributed by atoms with van der Waals surface area (Å²) in [4.78, 5) is 33.4. The number of benzene rings is 2. The predicted molar refractivity (Wildman–Crippen MR) is 117 cm³/mol. The lowest BCUT2D eigenvalue weighted by Crippen LogP contribution is -2.29. The van der Waals surface area contributed by atoms with E-state index >= 15 is 0 Å². The Bertz CT molecular complexity index is 1170. The summed E-state index contributed by atoms with van der Waals surface area (Å²) >= 11 is 0. The summed E-state index contributed by atoms with van der Waals surface area (Å²) in [6.45, 7) is 2.54. The first kappa shape index (κ1) is 19.5. The molecule has 7 nitrogen and oxygen atoms in total. The maximum atomic E-state index is 13.0. The number of aromatic nitrogens is 2. The summed E-state index contributed by atoms with van der Waals surface area (Å²) in [5.41, 5.74) is 3.57. The summed E-state index contributed by atoms with van der Waals surface area (Å²) in [5, 5.41) is 6.68. The molecule has 3 aromatic rings. The zero-order valence-electron chi connectivity index (χ0n) is 17.4. The standard InChI is InChI=1S/C24H24N4O3/c1-14(16-8-10-19-17(12-16)9-11-21(29)26-19)25-23(30)22-27-20-5-3-2-4-18(20)24(28-22)31-13-15-6-7-15/h2-5,8,10,12,14-15H,6-7,9,11,13H2,1H3,(H,25,30)(H,26,29)/t14-/m0/s1. The van der Waals surface area contributed by atoms with Crippen molar-refractivity contribution in [1.29, 1.82) is 0 Å². The Hall–Kier alpha value is -3.48. The van der Waals surface area contributed by atoms with Gasteiger partial charge in [0.15, 0.2) is 0 Å². The maximum absolute atomic E-state index is 13.0. The normalized spacial score (nSPS) is 16.4. The molecule has 2 N–H and O–H groups in total. The van der Waals surface area contributed by atoms with Gasteiger partial charge < -0.3 is 15.4 Å². The molecule has 2 amide bonds. The monoisotopic (exact) mass is 416 g/mol. The van der Waals surface area contributed by atoms with Crippen LogP contribution in [-0.4, -0.2) is 28.4 Å². The van der Waals surface area contributed by atoms with Crippen molar-refractivity contribution in [2.24, 2.45) is 5.92 Å². The molecule has 0 unspecified atom stereocenters. The highest BCUT2D eigenvalue weighted by molar-refractivity contribution is 5.95. The number of nitrogens with zero attached hydrogens (tertiary/aromatic N) is 2. The second kappa shape index (κ2) is 7.98. The number of anilines is 1. The number of fused-ring (bicyclic) bond motifs is 2. The molecular weight excluding hydrogens is 392 g/mol. The minimum absolute atomic E-state index is 0.0368. The summed E-state index contributed by atoms with van der Waals surface area (Å²) in [6, 6.07) is 13.2. The molecule has 5 rings (SSSR count). The number of hydrogen-bond acceptors (Lipinski definition) is 5. The zero-order chi connectivity index (χ0) is 21.4. The maximum Gasteiger partial charge on any atom is 0.289 e. The van der Waals surface area contributed by atoms with Crippen molar-refractivity contribution in [2.75, 3.05) is 11.9 Å². The van der Waals surface area contributed by atoms with Gasteiger partial charge in [-0.05, 0) is 61.4 Å². The second-order valence-electron chi connectivity index (χ2n) is 8.28. The predicted octanol–water partition coefficient (Wildman–Crippen LogP) is 3.79. The molecule has 0 spiro atoms. The van der Waals surface area contributed by atoms with E-state index < -0.39 is 0 Å². The number of carbonyl (C=O) groups excluding carboxylic acids is 2. The van der Waals surface area contributed by atoms with Crippen LogP contribution in [0.15, 0.2) is 42.5 Å². The van der Waals surface area contributed by atoms with Crippen LogP contribution in [0.1, 0.15) is 54.0 Å². The highest BCUT2D eigenvalue weighted by Crippen LogP contribution is 2.31. The van der Waals surface area contributed by atoms with Crippen LogP contribution in [0.2, 0.25) is 0 Å². The van der Waals surface area contributed by atoms with E-state index in [1.807, 2.05) is 49.4 Å². The number of nitrogens with one attached hydrogen (secondary N) is 2. The number of ether oxygens (including phenoxy) is 1. The molecule has 1 fully saturated rings.